The Bertz CT molecular complexity index is 637. The minimum Gasteiger partial charge on any atom is -0.489 e. The Kier molecular flexibility index (Phi) is 3.16. The van der Waals surface area contributed by atoms with Crippen LogP contribution in [0.1, 0.15) is 15.9 Å². The number of fused-ring (bicyclic) bond motifs is 1. The third-order valence-corrected chi connectivity index (χ3v) is 2.98. The monoisotopic (exact) mass is 271 g/mol. The summed E-state index contributed by atoms with van der Waals surface area (Å²) in [4.78, 5) is 11.0. The molecule has 102 valence electrons. The zero-order chi connectivity index (χ0) is 13.9. The van der Waals surface area contributed by atoms with Gasteiger partial charge < -0.3 is 19.9 Å². The topological polar surface area (TPSA) is 70.8 Å². The smallest absolute Gasteiger partial charge is 0.248 e. The van der Waals surface area contributed by atoms with Crippen molar-refractivity contribution in [1.82, 2.24) is 0 Å². The number of carbonyl (C=O) groups excluding carboxylic acids is 1. The molecule has 0 saturated heterocycles. The van der Waals surface area contributed by atoms with E-state index in [-0.39, 0.29) is 6.79 Å². The Morgan fingerprint density at radius 3 is 2.60 bits per heavy atom. The molecule has 0 fully saturated rings. The molecular weight excluding hydrogens is 258 g/mol. The van der Waals surface area contributed by atoms with Gasteiger partial charge in [0.05, 0.1) is 0 Å². The van der Waals surface area contributed by atoms with E-state index in [4.69, 9.17) is 19.9 Å². The van der Waals surface area contributed by atoms with Gasteiger partial charge in [-0.25, -0.2) is 0 Å². The molecule has 0 unspecified atom stereocenters. The van der Waals surface area contributed by atoms with Gasteiger partial charge in [0.25, 0.3) is 0 Å². The van der Waals surface area contributed by atoms with E-state index < -0.39 is 5.91 Å². The normalized spacial score (nSPS) is 12.2. The molecule has 2 aromatic rings. The fraction of sp³-hybridized carbons (Fsp3) is 0.133. The molecule has 1 heterocycles. The molecule has 5 nitrogen and oxygen atoms in total. The lowest BCUT2D eigenvalue weighted by Crippen LogP contribution is -2.10. The van der Waals surface area contributed by atoms with Gasteiger partial charge in [0, 0.05) is 5.56 Å². The fourth-order valence-corrected chi connectivity index (χ4v) is 1.91. The molecule has 0 atom stereocenters. The van der Waals surface area contributed by atoms with Crippen molar-refractivity contribution >= 4 is 5.91 Å². The first-order valence-electron chi connectivity index (χ1n) is 6.13. The van der Waals surface area contributed by atoms with Gasteiger partial charge in [-0.05, 0) is 42.0 Å². The zero-order valence-electron chi connectivity index (χ0n) is 10.7. The highest BCUT2D eigenvalue weighted by Gasteiger charge is 2.13. The maximum Gasteiger partial charge on any atom is 0.248 e. The van der Waals surface area contributed by atoms with Crippen LogP contribution in [-0.4, -0.2) is 12.7 Å². The summed E-state index contributed by atoms with van der Waals surface area (Å²) in [6.45, 7) is 0.667. The predicted octanol–water partition coefficient (Wildman–Crippen LogP) is 2.09. The van der Waals surface area contributed by atoms with Crippen molar-refractivity contribution in [3.05, 3.63) is 53.6 Å². The maximum absolute atomic E-state index is 11.0. The molecule has 0 aromatic heterocycles. The van der Waals surface area contributed by atoms with Crippen LogP contribution in [-0.2, 0) is 6.61 Å². The quantitative estimate of drug-likeness (QED) is 0.924. The molecule has 0 radical (unpaired) electrons. The molecule has 1 amide bonds. The highest BCUT2D eigenvalue weighted by atomic mass is 16.7. The standard InChI is InChI=1S/C15H13NO4/c16-15(17)11-2-4-12(5-3-11)18-8-10-1-6-13-14(7-10)20-9-19-13/h1-7H,8-9H2,(H2,16,17). The minimum absolute atomic E-state index is 0.258. The summed E-state index contributed by atoms with van der Waals surface area (Å²) in [6, 6.07) is 12.4. The minimum atomic E-state index is -0.452. The van der Waals surface area contributed by atoms with Crippen LogP contribution in [0.4, 0.5) is 0 Å². The number of hydrogen-bond acceptors (Lipinski definition) is 4. The highest BCUT2D eigenvalue weighted by Crippen LogP contribution is 2.32. The number of carbonyl (C=O) groups is 1. The summed E-state index contributed by atoms with van der Waals surface area (Å²) in [5.41, 5.74) is 6.61. The van der Waals surface area contributed by atoms with E-state index in [0.717, 1.165) is 17.1 Å². The SMILES string of the molecule is NC(=O)c1ccc(OCc2ccc3c(c2)OCO3)cc1. The van der Waals surface area contributed by atoms with Crippen LogP contribution >= 0.6 is 0 Å². The number of rotatable bonds is 4. The van der Waals surface area contributed by atoms with E-state index in [1.807, 2.05) is 18.2 Å². The fourth-order valence-electron chi connectivity index (χ4n) is 1.91. The molecule has 0 spiro atoms. The van der Waals surface area contributed by atoms with Crippen molar-refractivity contribution in [2.75, 3.05) is 6.79 Å². The molecule has 0 bridgehead atoms. The summed E-state index contributed by atoms with van der Waals surface area (Å²) in [5, 5.41) is 0. The molecule has 2 aromatic carbocycles. The molecule has 20 heavy (non-hydrogen) atoms. The number of amides is 1. The van der Waals surface area contributed by atoms with Crippen LogP contribution in [0.15, 0.2) is 42.5 Å². The Labute approximate surface area is 115 Å². The van der Waals surface area contributed by atoms with Crippen molar-refractivity contribution in [1.29, 1.82) is 0 Å². The van der Waals surface area contributed by atoms with Crippen LogP contribution in [0.5, 0.6) is 17.2 Å². The average Bonchev–Trinajstić information content (AvgIpc) is 2.93. The molecule has 0 aliphatic carbocycles. The molecule has 2 N–H and O–H groups in total. The van der Waals surface area contributed by atoms with Gasteiger partial charge in [-0.2, -0.15) is 0 Å². The van der Waals surface area contributed by atoms with E-state index in [9.17, 15) is 4.79 Å². The number of nitrogens with two attached hydrogens (primary N) is 1. The first-order chi connectivity index (χ1) is 9.72. The molecule has 5 heteroatoms. The van der Waals surface area contributed by atoms with Crippen molar-refractivity contribution in [3.63, 3.8) is 0 Å². The third-order valence-electron chi connectivity index (χ3n) is 2.98. The molecule has 0 saturated carbocycles. The van der Waals surface area contributed by atoms with Gasteiger partial charge in [-0.1, -0.05) is 6.07 Å². The van der Waals surface area contributed by atoms with Gasteiger partial charge in [-0.15, -0.1) is 0 Å². The summed E-state index contributed by atoms with van der Waals surface area (Å²) in [6.07, 6.45) is 0. The highest BCUT2D eigenvalue weighted by molar-refractivity contribution is 5.92. The van der Waals surface area contributed by atoms with Crippen LogP contribution in [0.3, 0.4) is 0 Å². The molecule has 1 aliphatic rings. The van der Waals surface area contributed by atoms with Crippen LogP contribution in [0.25, 0.3) is 0 Å². The largest absolute Gasteiger partial charge is 0.489 e. The van der Waals surface area contributed by atoms with E-state index in [1.165, 1.54) is 0 Å². The lowest BCUT2D eigenvalue weighted by molar-refractivity contribution is 0.1000. The van der Waals surface area contributed by atoms with Crippen LogP contribution in [0, 0.1) is 0 Å². The predicted molar refractivity (Wildman–Crippen MR) is 71.9 cm³/mol. The molecule has 3 rings (SSSR count). The summed E-state index contributed by atoms with van der Waals surface area (Å²) in [7, 11) is 0. The molecular formula is C15H13NO4. The second-order valence-corrected chi connectivity index (χ2v) is 4.36. The second kappa shape index (κ2) is 5.13. The van der Waals surface area contributed by atoms with Crippen molar-refractivity contribution in [2.45, 2.75) is 6.61 Å². The van der Waals surface area contributed by atoms with E-state index >= 15 is 0 Å². The Morgan fingerprint density at radius 2 is 1.85 bits per heavy atom. The first kappa shape index (κ1) is 12.3. The average molecular weight is 271 g/mol. The van der Waals surface area contributed by atoms with Gasteiger partial charge in [0.15, 0.2) is 11.5 Å². The van der Waals surface area contributed by atoms with Crippen molar-refractivity contribution < 1.29 is 19.0 Å². The lowest BCUT2D eigenvalue weighted by Gasteiger charge is -2.07. The second-order valence-electron chi connectivity index (χ2n) is 4.36. The maximum atomic E-state index is 11.0. The number of ether oxygens (including phenoxy) is 3. The van der Waals surface area contributed by atoms with E-state index in [0.29, 0.717) is 17.9 Å². The van der Waals surface area contributed by atoms with E-state index in [2.05, 4.69) is 0 Å². The van der Waals surface area contributed by atoms with Gasteiger partial charge in [0.1, 0.15) is 12.4 Å². The van der Waals surface area contributed by atoms with E-state index in [1.54, 1.807) is 24.3 Å². The van der Waals surface area contributed by atoms with Gasteiger partial charge in [-0.3, -0.25) is 4.79 Å². The van der Waals surface area contributed by atoms with Crippen LogP contribution in [0.2, 0.25) is 0 Å². The summed E-state index contributed by atoms with van der Waals surface area (Å²) < 4.78 is 16.2. The van der Waals surface area contributed by atoms with Crippen molar-refractivity contribution in [2.24, 2.45) is 5.73 Å². The Morgan fingerprint density at radius 1 is 1.10 bits per heavy atom. The van der Waals surface area contributed by atoms with Crippen molar-refractivity contribution in [3.8, 4) is 17.2 Å². The van der Waals surface area contributed by atoms with Gasteiger partial charge in [0.2, 0.25) is 12.7 Å². The number of primary amides is 1. The summed E-state index contributed by atoms with van der Waals surface area (Å²) >= 11 is 0. The summed E-state index contributed by atoms with van der Waals surface area (Å²) in [5.74, 6) is 1.70. The Hall–Kier alpha value is -2.69. The van der Waals surface area contributed by atoms with Crippen LogP contribution < -0.4 is 19.9 Å². The zero-order valence-corrected chi connectivity index (χ0v) is 10.7. The first-order valence-corrected chi connectivity index (χ1v) is 6.13. The molecule has 1 aliphatic heterocycles. The number of hydrogen-bond donors (Lipinski definition) is 1. The number of benzene rings is 2. The third kappa shape index (κ3) is 2.51. The lowest BCUT2D eigenvalue weighted by atomic mass is 10.2. The Balaban J connectivity index is 1.65. The van der Waals surface area contributed by atoms with Gasteiger partial charge >= 0.3 is 0 Å².